The zero-order chi connectivity index (χ0) is 17.9. The molecule has 2 aromatic carbocycles. The maximum atomic E-state index is 12.7. The Morgan fingerprint density at radius 3 is 2.21 bits per heavy atom. The van der Waals surface area contributed by atoms with Crippen molar-refractivity contribution in [3.05, 3.63) is 63.2 Å². The minimum Gasteiger partial charge on any atom is -0.493 e. The smallest absolute Gasteiger partial charge is 0.336 e. The van der Waals surface area contributed by atoms with Crippen LogP contribution in [0.1, 0.15) is 26.3 Å². The van der Waals surface area contributed by atoms with E-state index in [-0.39, 0.29) is 17.1 Å². The highest BCUT2D eigenvalue weighted by Crippen LogP contribution is 2.42. The highest BCUT2D eigenvalue weighted by atomic mass is 16.6. The Morgan fingerprint density at radius 1 is 1.12 bits per heavy atom. The number of methoxy groups -OCH3 is 2. The number of carbonyl (C=O) groups is 2. The van der Waals surface area contributed by atoms with Crippen LogP contribution >= 0.6 is 0 Å². The number of hydrogen-bond acceptors (Lipinski definition) is 6. The van der Waals surface area contributed by atoms with Crippen molar-refractivity contribution in [2.75, 3.05) is 14.2 Å². The Hall–Kier alpha value is -3.42. The SMILES string of the molecule is COc1cc(C(=O)O)c(C(=O)c2ccccc2)c([N+](=O)[O-])c1OC. The van der Waals surface area contributed by atoms with Gasteiger partial charge in [0.25, 0.3) is 0 Å². The van der Waals surface area contributed by atoms with Crippen molar-refractivity contribution in [2.45, 2.75) is 0 Å². The van der Waals surface area contributed by atoms with E-state index in [1.54, 1.807) is 18.2 Å². The third kappa shape index (κ3) is 2.89. The molecule has 0 saturated heterocycles. The lowest BCUT2D eigenvalue weighted by molar-refractivity contribution is -0.386. The first-order chi connectivity index (χ1) is 11.4. The van der Waals surface area contributed by atoms with Gasteiger partial charge in [-0.05, 0) is 6.07 Å². The monoisotopic (exact) mass is 331 g/mol. The second-order valence-electron chi connectivity index (χ2n) is 4.64. The average Bonchev–Trinajstić information content (AvgIpc) is 2.59. The molecule has 0 bridgehead atoms. The van der Waals surface area contributed by atoms with Crippen LogP contribution in [0.5, 0.6) is 11.5 Å². The summed E-state index contributed by atoms with van der Waals surface area (Å²) in [6.45, 7) is 0. The molecule has 2 aromatic rings. The molecule has 0 amide bonds. The summed E-state index contributed by atoms with van der Waals surface area (Å²) in [4.78, 5) is 34.9. The molecule has 0 heterocycles. The van der Waals surface area contributed by atoms with Gasteiger partial charge in [-0.2, -0.15) is 0 Å². The van der Waals surface area contributed by atoms with Crippen molar-refractivity contribution in [3.8, 4) is 11.5 Å². The number of carboxylic acids is 1. The van der Waals surface area contributed by atoms with E-state index >= 15 is 0 Å². The van der Waals surface area contributed by atoms with Crippen molar-refractivity contribution < 1.29 is 29.1 Å². The topological polar surface area (TPSA) is 116 Å². The summed E-state index contributed by atoms with van der Waals surface area (Å²) in [5.74, 6) is -2.74. The summed E-state index contributed by atoms with van der Waals surface area (Å²) in [7, 11) is 2.38. The molecule has 0 aliphatic carbocycles. The number of ketones is 1. The first kappa shape index (κ1) is 16.9. The van der Waals surface area contributed by atoms with Gasteiger partial charge in [-0.15, -0.1) is 0 Å². The van der Waals surface area contributed by atoms with Gasteiger partial charge in [0.1, 0.15) is 5.56 Å². The van der Waals surface area contributed by atoms with E-state index in [1.807, 2.05) is 0 Å². The summed E-state index contributed by atoms with van der Waals surface area (Å²) in [6.07, 6.45) is 0. The minimum atomic E-state index is -1.49. The summed E-state index contributed by atoms with van der Waals surface area (Å²) >= 11 is 0. The van der Waals surface area contributed by atoms with E-state index in [9.17, 15) is 24.8 Å². The lowest BCUT2D eigenvalue weighted by atomic mass is 9.95. The van der Waals surface area contributed by atoms with Crippen molar-refractivity contribution in [3.63, 3.8) is 0 Å². The van der Waals surface area contributed by atoms with Gasteiger partial charge in [-0.3, -0.25) is 14.9 Å². The Bertz CT molecular complexity index is 815. The van der Waals surface area contributed by atoms with E-state index in [2.05, 4.69) is 0 Å². The molecule has 0 spiro atoms. The second-order valence-corrected chi connectivity index (χ2v) is 4.64. The molecule has 0 aliphatic heterocycles. The highest BCUT2D eigenvalue weighted by Gasteiger charge is 2.35. The molecule has 124 valence electrons. The van der Waals surface area contributed by atoms with Gasteiger partial charge < -0.3 is 14.6 Å². The van der Waals surface area contributed by atoms with Crippen molar-refractivity contribution in [1.29, 1.82) is 0 Å². The fraction of sp³-hybridized carbons (Fsp3) is 0.125. The Morgan fingerprint density at radius 2 is 1.75 bits per heavy atom. The van der Waals surface area contributed by atoms with Crippen molar-refractivity contribution >= 4 is 17.4 Å². The van der Waals surface area contributed by atoms with Crippen molar-refractivity contribution in [2.24, 2.45) is 0 Å². The number of benzene rings is 2. The van der Waals surface area contributed by atoms with E-state index < -0.39 is 33.5 Å². The molecule has 0 fully saturated rings. The lowest BCUT2D eigenvalue weighted by Gasteiger charge is -2.13. The van der Waals surface area contributed by atoms with Gasteiger partial charge in [0.15, 0.2) is 5.75 Å². The maximum absolute atomic E-state index is 12.7. The molecule has 0 aromatic heterocycles. The zero-order valence-electron chi connectivity index (χ0n) is 12.8. The van der Waals surface area contributed by atoms with E-state index in [0.717, 1.165) is 6.07 Å². The number of nitro groups is 1. The van der Waals surface area contributed by atoms with E-state index in [0.29, 0.717) is 0 Å². The Balaban J connectivity index is 2.88. The molecule has 2 rings (SSSR count). The summed E-state index contributed by atoms with van der Waals surface area (Å²) in [5.41, 5.74) is -1.72. The van der Waals surface area contributed by atoms with Crippen LogP contribution in [0.25, 0.3) is 0 Å². The van der Waals surface area contributed by atoms with Crippen LogP contribution in [0.4, 0.5) is 5.69 Å². The van der Waals surface area contributed by atoms with Crippen LogP contribution in [-0.4, -0.2) is 36.0 Å². The summed E-state index contributed by atoms with van der Waals surface area (Å²) < 4.78 is 9.93. The zero-order valence-corrected chi connectivity index (χ0v) is 12.8. The fourth-order valence-electron chi connectivity index (χ4n) is 2.28. The van der Waals surface area contributed by atoms with Crippen LogP contribution in [0.3, 0.4) is 0 Å². The lowest BCUT2D eigenvalue weighted by Crippen LogP contribution is -2.14. The summed E-state index contributed by atoms with van der Waals surface area (Å²) in [5, 5.41) is 20.9. The standard InChI is InChI=1S/C16H13NO7/c1-23-11-8-10(16(19)20)12(13(17(21)22)15(11)24-2)14(18)9-6-4-3-5-7-9/h3-8H,1-2H3,(H,19,20). The number of ether oxygens (including phenoxy) is 2. The molecule has 8 nitrogen and oxygen atoms in total. The van der Waals surface area contributed by atoms with Gasteiger partial charge in [0.05, 0.1) is 24.7 Å². The predicted molar refractivity (Wildman–Crippen MR) is 83.0 cm³/mol. The molecule has 0 aliphatic rings. The largest absolute Gasteiger partial charge is 0.493 e. The highest BCUT2D eigenvalue weighted by molar-refractivity contribution is 6.17. The number of hydrogen-bond donors (Lipinski definition) is 1. The van der Waals surface area contributed by atoms with Gasteiger partial charge in [-0.1, -0.05) is 30.3 Å². The molecule has 1 N–H and O–H groups in total. The second kappa shape index (κ2) is 6.78. The molecule has 0 radical (unpaired) electrons. The maximum Gasteiger partial charge on any atom is 0.336 e. The fourth-order valence-corrected chi connectivity index (χ4v) is 2.28. The van der Waals surface area contributed by atoms with E-state index in [4.69, 9.17) is 9.47 Å². The number of carboxylic acid groups (broad SMARTS) is 1. The normalized spacial score (nSPS) is 10.1. The third-order valence-corrected chi connectivity index (χ3v) is 3.32. The van der Waals surface area contributed by atoms with Gasteiger partial charge >= 0.3 is 11.7 Å². The average molecular weight is 331 g/mol. The van der Waals surface area contributed by atoms with Crippen LogP contribution in [0, 0.1) is 10.1 Å². The van der Waals surface area contributed by atoms with Gasteiger partial charge in [-0.25, -0.2) is 4.79 Å². The molecular formula is C16H13NO7. The number of aromatic carboxylic acids is 1. The third-order valence-electron chi connectivity index (χ3n) is 3.32. The molecule has 0 atom stereocenters. The van der Waals surface area contributed by atoms with Crippen LogP contribution in [0.15, 0.2) is 36.4 Å². The number of nitrogens with zero attached hydrogens (tertiary/aromatic N) is 1. The molecule has 8 heteroatoms. The quantitative estimate of drug-likeness (QED) is 0.491. The molecule has 0 saturated carbocycles. The van der Waals surface area contributed by atoms with Crippen LogP contribution < -0.4 is 9.47 Å². The molecular weight excluding hydrogens is 318 g/mol. The summed E-state index contributed by atoms with van der Waals surface area (Å²) in [6, 6.07) is 8.71. The van der Waals surface area contributed by atoms with Gasteiger partial charge in [0, 0.05) is 5.56 Å². The minimum absolute atomic E-state index is 0.121. The van der Waals surface area contributed by atoms with Crippen LogP contribution in [0.2, 0.25) is 0 Å². The molecule has 0 unspecified atom stereocenters. The molecule has 24 heavy (non-hydrogen) atoms. The Kier molecular flexibility index (Phi) is 4.78. The number of rotatable bonds is 6. The van der Waals surface area contributed by atoms with Gasteiger partial charge in [0.2, 0.25) is 11.5 Å². The Labute approximate surface area is 136 Å². The number of carbonyl (C=O) groups excluding carboxylic acids is 1. The predicted octanol–water partition coefficient (Wildman–Crippen LogP) is 2.54. The first-order valence-electron chi connectivity index (χ1n) is 6.68. The van der Waals surface area contributed by atoms with E-state index in [1.165, 1.54) is 26.4 Å². The first-order valence-corrected chi connectivity index (χ1v) is 6.68. The number of nitro benzene ring substituents is 1. The van der Waals surface area contributed by atoms with Crippen LogP contribution in [-0.2, 0) is 0 Å². The van der Waals surface area contributed by atoms with Crippen molar-refractivity contribution in [1.82, 2.24) is 0 Å².